The van der Waals surface area contributed by atoms with Gasteiger partial charge in [0.15, 0.2) is 0 Å². The van der Waals surface area contributed by atoms with Gasteiger partial charge in [-0.05, 0) is 62.8 Å². The third kappa shape index (κ3) is 3.39. The smallest absolute Gasteiger partial charge is 0.337 e. The first-order valence-corrected chi connectivity index (χ1v) is 10.6. The molecule has 1 aliphatic heterocycles. The number of carbonyl (C=O) groups excluding carboxylic acids is 1. The summed E-state index contributed by atoms with van der Waals surface area (Å²) < 4.78 is 4.78. The molecule has 2 aromatic rings. The number of esters is 1. The van der Waals surface area contributed by atoms with Crippen LogP contribution in [0.3, 0.4) is 0 Å². The molecule has 1 aromatic carbocycles. The number of piperidine rings is 1. The van der Waals surface area contributed by atoms with E-state index in [-0.39, 0.29) is 16.9 Å². The number of nitrogens with zero attached hydrogens (tertiary/aromatic N) is 2. The van der Waals surface area contributed by atoms with E-state index in [2.05, 4.69) is 9.88 Å². The first kappa shape index (κ1) is 18.6. The van der Waals surface area contributed by atoms with Crippen LogP contribution in [0.2, 0.25) is 0 Å². The quantitative estimate of drug-likeness (QED) is 0.809. The summed E-state index contributed by atoms with van der Waals surface area (Å²) in [5, 5.41) is 0. The van der Waals surface area contributed by atoms with Crippen LogP contribution < -0.4 is 5.56 Å². The Morgan fingerprint density at radius 3 is 2.79 bits per heavy atom. The van der Waals surface area contributed by atoms with Gasteiger partial charge in [0.1, 0.15) is 5.82 Å². The highest BCUT2D eigenvalue weighted by molar-refractivity contribution is 5.89. The van der Waals surface area contributed by atoms with Crippen LogP contribution in [0.25, 0.3) is 0 Å². The highest BCUT2D eigenvalue weighted by atomic mass is 16.5. The molecule has 5 rings (SSSR count). The number of hydrogen-bond acceptors (Lipinski definition) is 5. The van der Waals surface area contributed by atoms with Crippen LogP contribution in [-0.2, 0) is 23.1 Å². The summed E-state index contributed by atoms with van der Waals surface area (Å²) in [6.07, 6.45) is 6.37. The van der Waals surface area contributed by atoms with Crippen molar-refractivity contribution in [2.45, 2.75) is 56.4 Å². The minimum Gasteiger partial charge on any atom is -0.465 e. The summed E-state index contributed by atoms with van der Waals surface area (Å²) in [5.41, 5.74) is 3.85. The second-order valence-electron chi connectivity index (χ2n) is 8.84. The van der Waals surface area contributed by atoms with E-state index in [0.29, 0.717) is 11.5 Å². The fraction of sp³-hybridized carbons (Fsp3) is 0.522. The summed E-state index contributed by atoms with van der Waals surface area (Å²) in [4.78, 5) is 34.8. The van der Waals surface area contributed by atoms with Crippen LogP contribution in [0.1, 0.15) is 71.0 Å². The zero-order chi connectivity index (χ0) is 20.0. The summed E-state index contributed by atoms with van der Waals surface area (Å²) in [7, 11) is 1.40. The lowest BCUT2D eigenvalue weighted by molar-refractivity contribution is 0.0600. The molecule has 0 amide bonds. The summed E-state index contributed by atoms with van der Waals surface area (Å²) in [5.74, 6) is 1.06. The molecule has 1 N–H and O–H groups in total. The highest BCUT2D eigenvalue weighted by Gasteiger charge is 2.45. The van der Waals surface area contributed by atoms with E-state index in [1.54, 1.807) is 0 Å². The summed E-state index contributed by atoms with van der Waals surface area (Å²) >= 11 is 0. The lowest BCUT2D eigenvalue weighted by Gasteiger charge is -2.40. The predicted octanol–water partition coefficient (Wildman–Crippen LogP) is 2.91. The first-order valence-electron chi connectivity index (χ1n) is 10.6. The second-order valence-corrected chi connectivity index (χ2v) is 8.84. The fourth-order valence-corrected chi connectivity index (χ4v) is 5.10. The van der Waals surface area contributed by atoms with Crippen molar-refractivity contribution in [1.29, 1.82) is 0 Å². The molecule has 1 atom stereocenters. The van der Waals surface area contributed by atoms with Gasteiger partial charge in [-0.2, -0.15) is 0 Å². The molecule has 152 valence electrons. The fourth-order valence-electron chi connectivity index (χ4n) is 5.10. The number of likely N-dealkylation sites (tertiary alicyclic amines) is 1. The van der Waals surface area contributed by atoms with Crippen LogP contribution in [0, 0.1) is 0 Å². The Balaban J connectivity index is 1.37. The Kier molecular flexibility index (Phi) is 4.54. The molecule has 1 unspecified atom stereocenters. The van der Waals surface area contributed by atoms with Crippen molar-refractivity contribution in [2.24, 2.45) is 0 Å². The van der Waals surface area contributed by atoms with Gasteiger partial charge in [-0.25, -0.2) is 9.78 Å². The number of rotatable bonds is 4. The molecule has 1 saturated heterocycles. The second kappa shape index (κ2) is 7.10. The van der Waals surface area contributed by atoms with Gasteiger partial charge in [0.05, 0.1) is 18.4 Å². The van der Waals surface area contributed by atoms with Gasteiger partial charge in [0, 0.05) is 30.0 Å². The van der Waals surface area contributed by atoms with Crippen LogP contribution in [0.5, 0.6) is 0 Å². The first-order chi connectivity index (χ1) is 14.1. The minimum absolute atomic E-state index is 0.0113. The normalized spacial score (nSPS) is 23.9. The number of benzene rings is 1. The Labute approximate surface area is 170 Å². The Hall–Kier alpha value is -2.47. The molecule has 2 aliphatic carbocycles. The van der Waals surface area contributed by atoms with Crippen LogP contribution in [-0.4, -0.2) is 41.0 Å². The van der Waals surface area contributed by atoms with Crippen molar-refractivity contribution in [3.05, 3.63) is 62.8 Å². The molecule has 0 radical (unpaired) electrons. The van der Waals surface area contributed by atoms with Crippen molar-refractivity contribution in [2.75, 3.05) is 20.2 Å². The van der Waals surface area contributed by atoms with Crippen molar-refractivity contribution in [1.82, 2.24) is 14.9 Å². The van der Waals surface area contributed by atoms with E-state index < -0.39 is 0 Å². The maximum Gasteiger partial charge on any atom is 0.337 e. The van der Waals surface area contributed by atoms with Gasteiger partial charge in [-0.15, -0.1) is 0 Å². The van der Waals surface area contributed by atoms with Crippen molar-refractivity contribution in [3.8, 4) is 0 Å². The third-order valence-electron chi connectivity index (χ3n) is 6.79. The number of carbonyl (C=O) groups is 1. The summed E-state index contributed by atoms with van der Waals surface area (Å²) in [6, 6.07) is 7.66. The van der Waals surface area contributed by atoms with Gasteiger partial charge in [-0.3, -0.25) is 9.69 Å². The Morgan fingerprint density at radius 2 is 2.07 bits per heavy atom. The molecular formula is C23H27N3O3. The average molecular weight is 393 g/mol. The third-order valence-corrected chi connectivity index (χ3v) is 6.79. The van der Waals surface area contributed by atoms with E-state index in [1.165, 1.54) is 12.7 Å². The zero-order valence-electron chi connectivity index (χ0n) is 16.9. The van der Waals surface area contributed by atoms with Crippen LogP contribution in [0.15, 0.2) is 29.1 Å². The molecule has 3 aliphatic rings. The number of aromatic amines is 1. The zero-order valence-corrected chi connectivity index (χ0v) is 16.9. The molecule has 1 saturated carbocycles. The maximum absolute atomic E-state index is 12.6. The van der Waals surface area contributed by atoms with Gasteiger partial charge >= 0.3 is 5.97 Å². The van der Waals surface area contributed by atoms with Gasteiger partial charge in [-0.1, -0.05) is 12.1 Å². The Bertz CT molecular complexity index is 993. The van der Waals surface area contributed by atoms with Crippen molar-refractivity contribution >= 4 is 5.97 Å². The number of aromatic nitrogens is 2. The predicted molar refractivity (Wildman–Crippen MR) is 109 cm³/mol. The number of nitrogens with one attached hydrogen (secondary N) is 1. The lowest BCUT2D eigenvalue weighted by Crippen LogP contribution is -2.45. The molecule has 2 fully saturated rings. The number of ether oxygens (including phenoxy) is 1. The molecule has 1 spiro atoms. The molecule has 1 aromatic heterocycles. The van der Waals surface area contributed by atoms with Crippen LogP contribution >= 0.6 is 0 Å². The van der Waals surface area contributed by atoms with Gasteiger partial charge < -0.3 is 9.72 Å². The molecule has 6 heteroatoms. The highest BCUT2D eigenvalue weighted by Crippen LogP contribution is 2.45. The average Bonchev–Trinajstić information content (AvgIpc) is 3.53. The number of H-pyrrole nitrogens is 1. The number of fused-ring (bicyclic) bond motifs is 2. The molecule has 2 heterocycles. The molecule has 0 bridgehead atoms. The SMILES string of the molecule is COC(=O)c1ccc(CN2CCCC3(CCc4c3nc(C3CC3)[nH]c4=O)C2)cc1. The Morgan fingerprint density at radius 1 is 1.28 bits per heavy atom. The van der Waals surface area contributed by atoms with Crippen molar-refractivity contribution < 1.29 is 9.53 Å². The molecule has 29 heavy (non-hydrogen) atoms. The van der Waals surface area contributed by atoms with E-state index >= 15 is 0 Å². The van der Waals surface area contributed by atoms with Crippen molar-refractivity contribution in [3.63, 3.8) is 0 Å². The standard InChI is InChI=1S/C23H27N3O3/c1-29-22(28)17-5-3-15(4-6-17)13-26-12-2-10-23(14-26)11-9-18-19(23)24-20(16-7-8-16)25-21(18)27/h3-6,16H,2,7-14H2,1H3,(H,24,25,27). The maximum atomic E-state index is 12.6. The number of hydrogen-bond donors (Lipinski definition) is 1. The number of methoxy groups -OCH3 is 1. The monoisotopic (exact) mass is 393 g/mol. The van der Waals surface area contributed by atoms with Gasteiger partial charge in [0.2, 0.25) is 0 Å². The minimum atomic E-state index is -0.307. The largest absolute Gasteiger partial charge is 0.465 e. The van der Waals surface area contributed by atoms with E-state index in [4.69, 9.17) is 9.72 Å². The van der Waals surface area contributed by atoms with Gasteiger partial charge in [0.25, 0.3) is 5.56 Å². The lowest BCUT2D eigenvalue weighted by atomic mass is 9.77. The topological polar surface area (TPSA) is 75.3 Å². The summed E-state index contributed by atoms with van der Waals surface area (Å²) in [6.45, 7) is 2.84. The molecular weight excluding hydrogens is 366 g/mol. The van der Waals surface area contributed by atoms with E-state index in [9.17, 15) is 9.59 Å². The molecule has 6 nitrogen and oxygen atoms in total. The van der Waals surface area contributed by atoms with E-state index in [0.717, 1.165) is 75.2 Å². The van der Waals surface area contributed by atoms with E-state index in [1.807, 2.05) is 24.3 Å². The van der Waals surface area contributed by atoms with Crippen LogP contribution in [0.4, 0.5) is 0 Å².